The Balaban J connectivity index is 1.54. The fourth-order valence-corrected chi connectivity index (χ4v) is 3.40. The van der Waals surface area contributed by atoms with Crippen LogP contribution in [0.2, 0.25) is 0 Å². The maximum Gasteiger partial charge on any atom is 0.124 e. The molecule has 0 radical (unpaired) electrons. The highest BCUT2D eigenvalue weighted by molar-refractivity contribution is 5.37. The molecule has 0 bridgehead atoms. The highest BCUT2D eigenvalue weighted by atomic mass is 16.5. The highest BCUT2D eigenvalue weighted by Crippen LogP contribution is 2.33. The molecule has 20 heavy (non-hydrogen) atoms. The Hall–Kier alpha value is -1.06. The lowest BCUT2D eigenvalue weighted by Gasteiger charge is -2.31. The standard InChI is InChI=1S/C17H26N2O/c18-16-13-14(20-17-8-4-3-7-15(16)17)9-12-19-10-5-1-2-6-11-19/h3-4,7-8,14,16H,1-2,5-6,9-13,18H2. The number of benzene rings is 1. The van der Waals surface area contributed by atoms with E-state index in [9.17, 15) is 0 Å². The van der Waals surface area contributed by atoms with Gasteiger partial charge >= 0.3 is 0 Å². The average molecular weight is 274 g/mol. The van der Waals surface area contributed by atoms with E-state index < -0.39 is 0 Å². The van der Waals surface area contributed by atoms with Gasteiger partial charge in [-0.15, -0.1) is 0 Å². The third kappa shape index (κ3) is 3.33. The van der Waals surface area contributed by atoms with Crippen LogP contribution in [0.3, 0.4) is 0 Å². The van der Waals surface area contributed by atoms with Crippen LogP contribution in [0.1, 0.15) is 50.1 Å². The van der Waals surface area contributed by atoms with Gasteiger partial charge in [0.05, 0.1) is 0 Å². The first-order valence-electron chi connectivity index (χ1n) is 8.06. The number of fused-ring (bicyclic) bond motifs is 1. The second-order valence-corrected chi connectivity index (χ2v) is 6.16. The first kappa shape index (κ1) is 13.9. The van der Waals surface area contributed by atoms with Crippen LogP contribution in [-0.4, -0.2) is 30.6 Å². The molecule has 1 aromatic carbocycles. The van der Waals surface area contributed by atoms with Gasteiger partial charge in [-0.3, -0.25) is 0 Å². The normalized spacial score (nSPS) is 27.4. The first-order chi connectivity index (χ1) is 9.83. The summed E-state index contributed by atoms with van der Waals surface area (Å²) in [5.41, 5.74) is 7.44. The molecule has 0 aliphatic carbocycles. The van der Waals surface area contributed by atoms with Gasteiger partial charge in [-0.05, 0) is 38.4 Å². The zero-order valence-corrected chi connectivity index (χ0v) is 12.3. The molecule has 0 spiro atoms. The van der Waals surface area contributed by atoms with E-state index in [2.05, 4.69) is 11.0 Å². The molecule has 2 aliphatic heterocycles. The van der Waals surface area contributed by atoms with Gasteiger partial charge in [-0.1, -0.05) is 31.0 Å². The van der Waals surface area contributed by atoms with Crippen LogP contribution in [0.25, 0.3) is 0 Å². The number of ether oxygens (including phenoxy) is 1. The lowest BCUT2D eigenvalue weighted by molar-refractivity contribution is 0.131. The molecule has 3 rings (SSSR count). The van der Waals surface area contributed by atoms with Crippen molar-refractivity contribution in [3.8, 4) is 5.75 Å². The summed E-state index contributed by atoms with van der Waals surface area (Å²) in [6.07, 6.45) is 7.83. The van der Waals surface area contributed by atoms with Crippen LogP contribution in [0.15, 0.2) is 24.3 Å². The Kier molecular flexibility index (Phi) is 4.58. The molecule has 1 aromatic rings. The predicted octanol–water partition coefficient (Wildman–Crippen LogP) is 3.10. The minimum absolute atomic E-state index is 0.133. The molecular weight excluding hydrogens is 248 g/mol. The topological polar surface area (TPSA) is 38.5 Å². The van der Waals surface area contributed by atoms with E-state index in [0.717, 1.165) is 25.1 Å². The van der Waals surface area contributed by atoms with Crippen LogP contribution in [0.5, 0.6) is 5.75 Å². The van der Waals surface area contributed by atoms with E-state index in [4.69, 9.17) is 10.5 Å². The molecule has 1 saturated heterocycles. The highest BCUT2D eigenvalue weighted by Gasteiger charge is 2.25. The summed E-state index contributed by atoms with van der Waals surface area (Å²) < 4.78 is 6.12. The molecule has 2 N–H and O–H groups in total. The monoisotopic (exact) mass is 274 g/mol. The van der Waals surface area contributed by atoms with E-state index in [-0.39, 0.29) is 12.1 Å². The molecule has 3 nitrogen and oxygen atoms in total. The van der Waals surface area contributed by atoms with Crippen molar-refractivity contribution in [3.63, 3.8) is 0 Å². The van der Waals surface area contributed by atoms with Gasteiger partial charge in [0.1, 0.15) is 11.9 Å². The summed E-state index contributed by atoms with van der Waals surface area (Å²) in [5.74, 6) is 0.993. The van der Waals surface area contributed by atoms with Gasteiger partial charge in [0.2, 0.25) is 0 Å². The van der Waals surface area contributed by atoms with Crippen molar-refractivity contribution in [1.29, 1.82) is 0 Å². The van der Waals surface area contributed by atoms with Crippen LogP contribution in [0.4, 0.5) is 0 Å². The SMILES string of the molecule is NC1CC(CCN2CCCCCC2)Oc2ccccc21. The zero-order valence-electron chi connectivity index (χ0n) is 12.3. The quantitative estimate of drug-likeness (QED) is 0.920. The number of nitrogens with zero attached hydrogens (tertiary/aromatic N) is 1. The van der Waals surface area contributed by atoms with Crippen molar-refractivity contribution in [2.45, 2.75) is 50.7 Å². The molecule has 2 unspecified atom stereocenters. The van der Waals surface area contributed by atoms with Crippen molar-refractivity contribution >= 4 is 0 Å². The van der Waals surface area contributed by atoms with Crippen molar-refractivity contribution in [3.05, 3.63) is 29.8 Å². The number of hydrogen-bond donors (Lipinski definition) is 1. The Morgan fingerprint density at radius 3 is 2.65 bits per heavy atom. The lowest BCUT2D eigenvalue weighted by atomic mass is 9.96. The van der Waals surface area contributed by atoms with E-state index in [1.54, 1.807) is 0 Å². The average Bonchev–Trinajstić information content (AvgIpc) is 2.74. The molecule has 0 aromatic heterocycles. The predicted molar refractivity (Wildman–Crippen MR) is 81.9 cm³/mol. The molecule has 2 heterocycles. The number of hydrogen-bond acceptors (Lipinski definition) is 3. The number of nitrogens with two attached hydrogens (primary N) is 1. The number of para-hydroxylation sites is 1. The van der Waals surface area contributed by atoms with E-state index >= 15 is 0 Å². The summed E-state index contributed by atoms with van der Waals surface area (Å²) in [4.78, 5) is 2.60. The lowest BCUT2D eigenvalue weighted by Crippen LogP contribution is -2.34. The van der Waals surface area contributed by atoms with Gasteiger partial charge in [0, 0.05) is 24.6 Å². The minimum Gasteiger partial charge on any atom is -0.490 e. The molecule has 1 fully saturated rings. The number of rotatable bonds is 3. The van der Waals surface area contributed by atoms with Crippen molar-refractivity contribution in [2.75, 3.05) is 19.6 Å². The van der Waals surface area contributed by atoms with Crippen molar-refractivity contribution in [2.24, 2.45) is 5.73 Å². The van der Waals surface area contributed by atoms with E-state index in [0.29, 0.717) is 0 Å². The van der Waals surface area contributed by atoms with Crippen LogP contribution < -0.4 is 10.5 Å². The van der Waals surface area contributed by atoms with E-state index in [1.165, 1.54) is 44.3 Å². The summed E-state index contributed by atoms with van der Waals surface area (Å²) >= 11 is 0. The molecule has 3 heteroatoms. The fourth-order valence-electron chi connectivity index (χ4n) is 3.40. The largest absolute Gasteiger partial charge is 0.490 e. The third-order valence-corrected chi connectivity index (χ3v) is 4.59. The van der Waals surface area contributed by atoms with Crippen LogP contribution in [-0.2, 0) is 0 Å². The van der Waals surface area contributed by atoms with Crippen LogP contribution >= 0.6 is 0 Å². The van der Waals surface area contributed by atoms with Gasteiger partial charge in [-0.25, -0.2) is 0 Å². The van der Waals surface area contributed by atoms with Gasteiger partial charge in [0.15, 0.2) is 0 Å². The molecule has 2 atom stereocenters. The third-order valence-electron chi connectivity index (χ3n) is 4.59. The Morgan fingerprint density at radius 2 is 1.85 bits per heavy atom. The molecule has 0 amide bonds. The Labute approximate surface area is 122 Å². The smallest absolute Gasteiger partial charge is 0.124 e. The maximum atomic E-state index is 6.28. The maximum absolute atomic E-state index is 6.28. The second kappa shape index (κ2) is 6.59. The van der Waals surface area contributed by atoms with Crippen molar-refractivity contribution in [1.82, 2.24) is 4.90 Å². The van der Waals surface area contributed by atoms with Crippen molar-refractivity contribution < 1.29 is 4.74 Å². The zero-order chi connectivity index (χ0) is 13.8. The minimum atomic E-state index is 0.133. The van der Waals surface area contributed by atoms with Crippen LogP contribution in [0, 0.1) is 0 Å². The second-order valence-electron chi connectivity index (χ2n) is 6.16. The number of likely N-dealkylation sites (tertiary alicyclic amines) is 1. The molecule has 2 aliphatic rings. The van der Waals surface area contributed by atoms with E-state index in [1.807, 2.05) is 18.2 Å². The van der Waals surface area contributed by atoms with Gasteiger partial charge in [0.25, 0.3) is 0 Å². The summed E-state index contributed by atoms with van der Waals surface area (Å²) in [6.45, 7) is 3.67. The first-order valence-corrected chi connectivity index (χ1v) is 8.06. The Bertz CT molecular complexity index is 427. The van der Waals surface area contributed by atoms with Gasteiger partial charge in [-0.2, -0.15) is 0 Å². The fraction of sp³-hybridized carbons (Fsp3) is 0.647. The summed E-state index contributed by atoms with van der Waals surface area (Å²) in [6, 6.07) is 8.34. The molecular formula is C17H26N2O. The molecule has 0 saturated carbocycles. The van der Waals surface area contributed by atoms with Gasteiger partial charge < -0.3 is 15.4 Å². The molecule has 110 valence electrons. The summed E-state index contributed by atoms with van der Waals surface area (Å²) in [7, 11) is 0. The summed E-state index contributed by atoms with van der Waals surface area (Å²) in [5, 5.41) is 0. The Morgan fingerprint density at radius 1 is 1.10 bits per heavy atom.